The van der Waals surface area contributed by atoms with Crippen molar-refractivity contribution in [2.24, 2.45) is 5.73 Å². The number of aromatic nitrogens is 2. The first-order chi connectivity index (χ1) is 12.1. The van der Waals surface area contributed by atoms with Gasteiger partial charge < -0.3 is 5.73 Å². The van der Waals surface area contributed by atoms with Crippen LogP contribution < -0.4 is 11.1 Å². The number of nitrogens with zero attached hydrogens (tertiary/aromatic N) is 2. The van der Waals surface area contributed by atoms with Gasteiger partial charge in [-0.2, -0.15) is 0 Å². The van der Waals surface area contributed by atoms with E-state index in [2.05, 4.69) is 40.5 Å². The Morgan fingerprint density at radius 2 is 1.76 bits per heavy atom. The zero-order valence-corrected chi connectivity index (χ0v) is 15.4. The van der Waals surface area contributed by atoms with Gasteiger partial charge in [-0.25, -0.2) is 4.79 Å². The highest BCUT2D eigenvalue weighted by Gasteiger charge is 2.10. The predicted octanol–water partition coefficient (Wildman–Crippen LogP) is 3.27. The molecule has 0 bridgehead atoms. The summed E-state index contributed by atoms with van der Waals surface area (Å²) >= 11 is 4.26. The van der Waals surface area contributed by atoms with E-state index in [0.717, 1.165) is 10.1 Å². The Bertz CT molecular complexity index is 908. The number of nitrogens with two attached hydrogens (primary N) is 1. The number of benzene rings is 2. The van der Waals surface area contributed by atoms with Crippen molar-refractivity contribution in [1.82, 2.24) is 15.5 Å². The summed E-state index contributed by atoms with van der Waals surface area (Å²) in [5.74, 6) is 0.423. The van der Waals surface area contributed by atoms with Crippen molar-refractivity contribution in [3.05, 3.63) is 48.0 Å². The van der Waals surface area contributed by atoms with Gasteiger partial charge in [0.25, 0.3) is 0 Å². The van der Waals surface area contributed by atoms with Gasteiger partial charge in [-0.3, -0.25) is 10.1 Å². The highest BCUT2D eigenvalue weighted by Crippen LogP contribution is 2.32. The molecule has 0 fully saturated rings. The van der Waals surface area contributed by atoms with E-state index >= 15 is 0 Å². The summed E-state index contributed by atoms with van der Waals surface area (Å²) in [6, 6.07) is 13.7. The quantitative estimate of drug-likeness (QED) is 0.627. The molecule has 0 saturated carbocycles. The smallest absolute Gasteiger partial charge is 0.318 e. The van der Waals surface area contributed by atoms with E-state index in [9.17, 15) is 9.59 Å². The zero-order chi connectivity index (χ0) is 17.6. The molecule has 0 unspecified atom stereocenters. The molecule has 0 aliphatic rings. The third kappa shape index (κ3) is 4.94. The molecular weight excluding hydrogens is 376 g/mol. The van der Waals surface area contributed by atoms with Crippen LogP contribution in [0.1, 0.15) is 5.56 Å². The van der Waals surface area contributed by atoms with Crippen molar-refractivity contribution < 1.29 is 9.59 Å². The maximum Gasteiger partial charge on any atom is 0.318 e. The summed E-state index contributed by atoms with van der Waals surface area (Å²) in [7, 11) is 0. The summed E-state index contributed by atoms with van der Waals surface area (Å²) < 4.78 is 1.52. The number of rotatable bonds is 6. The van der Waals surface area contributed by atoms with Crippen LogP contribution in [0.2, 0.25) is 0 Å². The molecule has 3 aromatic rings. The van der Waals surface area contributed by atoms with E-state index < -0.39 is 11.9 Å². The van der Waals surface area contributed by atoms with E-state index in [1.165, 1.54) is 39.4 Å². The van der Waals surface area contributed by atoms with E-state index in [1.807, 2.05) is 17.4 Å². The van der Waals surface area contributed by atoms with Gasteiger partial charge in [0.05, 0.1) is 5.75 Å². The molecule has 3 rings (SSSR count). The lowest BCUT2D eigenvalue weighted by Crippen LogP contribution is -2.36. The fourth-order valence-electron chi connectivity index (χ4n) is 2.17. The van der Waals surface area contributed by atoms with Gasteiger partial charge in [0.1, 0.15) is 0 Å². The Labute approximate surface area is 156 Å². The normalized spacial score (nSPS) is 10.7. The molecule has 3 N–H and O–H groups in total. The third-order valence-electron chi connectivity index (χ3n) is 3.21. The van der Waals surface area contributed by atoms with Crippen LogP contribution >= 0.6 is 34.9 Å². The van der Waals surface area contributed by atoms with Crippen molar-refractivity contribution in [1.29, 1.82) is 0 Å². The van der Waals surface area contributed by atoms with E-state index in [4.69, 9.17) is 5.73 Å². The minimum Gasteiger partial charge on any atom is -0.351 e. The average molecular weight is 391 g/mol. The van der Waals surface area contributed by atoms with Gasteiger partial charge in [-0.05, 0) is 16.3 Å². The molecule has 1 aromatic heterocycles. The van der Waals surface area contributed by atoms with Crippen molar-refractivity contribution in [2.75, 3.05) is 5.75 Å². The molecule has 0 aliphatic carbocycles. The SMILES string of the molecule is NC(=O)NC(=O)CSc1nnc(SCc2cccc3ccccc23)s1. The first-order valence-electron chi connectivity index (χ1n) is 7.27. The lowest BCUT2D eigenvalue weighted by Gasteiger charge is -2.04. The van der Waals surface area contributed by atoms with Crippen molar-refractivity contribution in [3.63, 3.8) is 0 Å². The van der Waals surface area contributed by atoms with Gasteiger partial charge in [0, 0.05) is 5.75 Å². The molecular formula is C16H14N4O2S3. The predicted molar refractivity (Wildman–Crippen MR) is 102 cm³/mol. The molecule has 0 atom stereocenters. The molecule has 3 amide bonds. The summed E-state index contributed by atoms with van der Waals surface area (Å²) in [4.78, 5) is 22.0. The standard InChI is InChI=1S/C16H14N4O2S3/c17-14(22)18-13(21)9-24-16-20-19-15(25-16)23-8-11-6-3-5-10-4-1-2-7-12(10)11/h1-7H,8-9H2,(H3,17,18,21,22). The first-order valence-corrected chi connectivity index (χ1v) is 10.1. The van der Waals surface area contributed by atoms with Gasteiger partial charge in [0.15, 0.2) is 8.68 Å². The van der Waals surface area contributed by atoms with Crippen LogP contribution in [0.25, 0.3) is 10.8 Å². The van der Waals surface area contributed by atoms with Gasteiger partial charge in [0.2, 0.25) is 5.91 Å². The summed E-state index contributed by atoms with van der Waals surface area (Å²) in [5.41, 5.74) is 6.14. The minimum atomic E-state index is -0.853. The maximum absolute atomic E-state index is 11.4. The zero-order valence-electron chi connectivity index (χ0n) is 13.0. The molecule has 0 spiro atoms. The van der Waals surface area contributed by atoms with E-state index in [0.29, 0.717) is 4.34 Å². The van der Waals surface area contributed by atoms with Crippen LogP contribution in [0.5, 0.6) is 0 Å². The highest BCUT2D eigenvalue weighted by molar-refractivity contribution is 8.03. The van der Waals surface area contributed by atoms with Crippen LogP contribution in [0, 0.1) is 0 Å². The number of urea groups is 1. The Morgan fingerprint density at radius 3 is 2.56 bits per heavy atom. The number of amides is 3. The number of thioether (sulfide) groups is 2. The molecule has 0 radical (unpaired) electrons. The largest absolute Gasteiger partial charge is 0.351 e. The first kappa shape index (κ1) is 17.7. The third-order valence-corrected chi connectivity index (χ3v) is 6.45. The molecule has 0 aliphatic heterocycles. The highest BCUT2D eigenvalue weighted by atomic mass is 32.2. The summed E-state index contributed by atoms with van der Waals surface area (Å²) in [5, 5.41) is 12.7. The maximum atomic E-state index is 11.4. The lowest BCUT2D eigenvalue weighted by molar-refractivity contribution is -0.117. The second-order valence-electron chi connectivity index (χ2n) is 4.96. The second-order valence-corrected chi connectivity index (χ2v) is 8.38. The number of primary amides is 1. The van der Waals surface area contributed by atoms with Crippen LogP contribution in [-0.2, 0) is 10.5 Å². The Kier molecular flexibility index (Phi) is 5.90. The summed E-state index contributed by atoms with van der Waals surface area (Å²) in [6.07, 6.45) is 0. The lowest BCUT2D eigenvalue weighted by atomic mass is 10.1. The van der Waals surface area contributed by atoms with E-state index in [1.54, 1.807) is 11.8 Å². The van der Waals surface area contributed by atoms with Gasteiger partial charge in [-0.1, -0.05) is 77.3 Å². The van der Waals surface area contributed by atoms with E-state index in [-0.39, 0.29) is 5.75 Å². The average Bonchev–Trinajstić information content (AvgIpc) is 3.05. The molecule has 25 heavy (non-hydrogen) atoms. The van der Waals surface area contributed by atoms with Crippen molar-refractivity contribution >= 4 is 57.6 Å². The minimum absolute atomic E-state index is 0.0750. The van der Waals surface area contributed by atoms with Crippen molar-refractivity contribution in [3.8, 4) is 0 Å². The molecule has 0 saturated heterocycles. The number of carbonyl (C=O) groups excluding carboxylic acids is 2. The number of fused-ring (bicyclic) bond motifs is 1. The number of carbonyl (C=O) groups is 2. The fourth-order valence-corrected chi connectivity index (χ4v) is 5.00. The molecule has 128 valence electrons. The Balaban J connectivity index is 1.58. The number of nitrogens with one attached hydrogen (secondary N) is 1. The number of hydrogen-bond acceptors (Lipinski definition) is 7. The Morgan fingerprint density at radius 1 is 1.04 bits per heavy atom. The molecule has 2 aromatic carbocycles. The monoisotopic (exact) mass is 390 g/mol. The van der Waals surface area contributed by atoms with Crippen LogP contribution in [0.3, 0.4) is 0 Å². The Hall–Kier alpha value is -2.10. The number of imide groups is 1. The second kappa shape index (κ2) is 8.32. The van der Waals surface area contributed by atoms with Crippen LogP contribution in [0.4, 0.5) is 4.79 Å². The van der Waals surface area contributed by atoms with Crippen molar-refractivity contribution in [2.45, 2.75) is 14.4 Å². The van der Waals surface area contributed by atoms with Crippen LogP contribution in [0.15, 0.2) is 51.1 Å². The molecule has 1 heterocycles. The number of hydrogen-bond donors (Lipinski definition) is 2. The molecule has 6 nitrogen and oxygen atoms in total. The fraction of sp³-hybridized carbons (Fsp3) is 0.125. The van der Waals surface area contributed by atoms with Crippen LogP contribution in [-0.4, -0.2) is 27.9 Å². The molecule has 9 heteroatoms. The topological polar surface area (TPSA) is 98.0 Å². The van der Waals surface area contributed by atoms with Gasteiger partial charge in [-0.15, -0.1) is 10.2 Å². The van der Waals surface area contributed by atoms with Gasteiger partial charge >= 0.3 is 6.03 Å². The summed E-state index contributed by atoms with van der Waals surface area (Å²) in [6.45, 7) is 0.